The number of aliphatic imine (C=N–C) groups is 1. The average molecular weight is 520 g/mol. The van der Waals surface area contributed by atoms with Crippen molar-refractivity contribution >= 4 is 11.5 Å². The first kappa shape index (κ1) is 26.0. The summed E-state index contributed by atoms with van der Waals surface area (Å²) in [6.45, 7) is 3.82. The molecule has 2 N–H and O–H groups in total. The molecule has 5 aromatic rings. The molecule has 3 aromatic heterocycles. The standard InChI is InChI=1S/C32H33N5O2/c1-24-22-26(11-14-29(24)38-21-7-3-2-6-19-37-20-18-34-23-37)31-16-15-30(39-31)25-9-12-27(13-10-25)36-32(33)28-8-4-5-17-35-28/h4-5,8-18,20,22-23H,2-3,6-7,19,21H2,1H3,(H2,33,36). The SMILES string of the molecule is Cc1cc(-c2ccc(-c3ccc(N=C(N)c4ccccn4)cc3)o2)ccc1OCCCCCCn1ccnc1. The van der Waals surface area contributed by atoms with Crippen LogP contribution in [0.3, 0.4) is 0 Å². The Morgan fingerprint density at radius 1 is 0.897 bits per heavy atom. The Morgan fingerprint density at radius 2 is 1.69 bits per heavy atom. The highest BCUT2D eigenvalue weighted by atomic mass is 16.5. The summed E-state index contributed by atoms with van der Waals surface area (Å²) in [6, 6.07) is 23.6. The predicted octanol–water partition coefficient (Wildman–Crippen LogP) is 7.19. The van der Waals surface area contributed by atoms with E-state index < -0.39 is 0 Å². The van der Waals surface area contributed by atoms with Crippen molar-refractivity contribution in [1.29, 1.82) is 0 Å². The van der Waals surface area contributed by atoms with Gasteiger partial charge in [0.2, 0.25) is 0 Å². The fraction of sp³-hybridized carbons (Fsp3) is 0.219. The monoisotopic (exact) mass is 519 g/mol. The van der Waals surface area contributed by atoms with E-state index in [0.717, 1.165) is 72.1 Å². The number of ether oxygens (including phenoxy) is 1. The maximum Gasteiger partial charge on any atom is 0.150 e. The van der Waals surface area contributed by atoms with Gasteiger partial charge in [-0.2, -0.15) is 0 Å². The lowest BCUT2D eigenvalue weighted by molar-refractivity contribution is 0.302. The lowest BCUT2D eigenvalue weighted by atomic mass is 10.1. The number of imidazole rings is 1. The third-order valence-electron chi connectivity index (χ3n) is 6.52. The summed E-state index contributed by atoms with van der Waals surface area (Å²) < 4.78 is 14.4. The van der Waals surface area contributed by atoms with E-state index in [1.807, 2.05) is 85.5 Å². The molecule has 5 rings (SSSR count). The molecule has 0 fully saturated rings. The topological polar surface area (TPSA) is 91.5 Å². The molecule has 39 heavy (non-hydrogen) atoms. The lowest BCUT2D eigenvalue weighted by Gasteiger charge is -2.10. The summed E-state index contributed by atoms with van der Waals surface area (Å²) in [5, 5.41) is 0. The van der Waals surface area contributed by atoms with E-state index in [0.29, 0.717) is 11.5 Å². The van der Waals surface area contributed by atoms with Crippen LogP contribution in [0, 0.1) is 6.92 Å². The van der Waals surface area contributed by atoms with Crippen LogP contribution in [0.2, 0.25) is 0 Å². The summed E-state index contributed by atoms with van der Waals surface area (Å²) in [6.07, 6.45) is 12.0. The normalized spacial score (nSPS) is 11.6. The van der Waals surface area contributed by atoms with Crippen molar-refractivity contribution in [3.63, 3.8) is 0 Å². The number of nitrogens with zero attached hydrogens (tertiary/aromatic N) is 4. The molecule has 0 aliphatic heterocycles. The van der Waals surface area contributed by atoms with Crippen molar-refractivity contribution in [2.24, 2.45) is 10.7 Å². The Bertz CT molecular complexity index is 1490. The largest absolute Gasteiger partial charge is 0.493 e. The van der Waals surface area contributed by atoms with Crippen molar-refractivity contribution < 1.29 is 9.15 Å². The molecule has 0 aliphatic carbocycles. The van der Waals surface area contributed by atoms with Gasteiger partial charge in [-0.3, -0.25) is 4.98 Å². The van der Waals surface area contributed by atoms with Crippen LogP contribution in [0.5, 0.6) is 5.75 Å². The van der Waals surface area contributed by atoms with Crippen LogP contribution < -0.4 is 10.5 Å². The van der Waals surface area contributed by atoms with Gasteiger partial charge in [0, 0.05) is 36.3 Å². The van der Waals surface area contributed by atoms with Crippen molar-refractivity contribution in [1.82, 2.24) is 14.5 Å². The van der Waals surface area contributed by atoms with E-state index in [1.165, 1.54) is 6.42 Å². The first-order chi connectivity index (χ1) is 19.2. The fourth-order valence-electron chi connectivity index (χ4n) is 4.37. The molecular formula is C32H33N5O2. The van der Waals surface area contributed by atoms with Crippen LogP contribution in [0.25, 0.3) is 22.6 Å². The molecule has 0 saturated heterocycles. The number of hydrogen-bond donors (Lipinski definition) is 1. The van der Waals surface area contributed by atoms with Gasteiger partial charge in [0.1, 0.15) is 28.8 Å². The second-order valence-electron chi connectivity index (χ2n) is 9.47. The first-order valence-corrected chi connectivity index (χ1v) is 13.3. The summed E-state index contributed by atoms with van der Waals surface area (Å²) in [7, 11) is 0. The van der Waals surface area contributed by atoms with Crippen LogP contribution in [-0.2, 0) is 6.54 Å². The van der Waals surface area contributed by atoms with E-state index >= 15 is 0 Å². The zero-order chi connectivity index (χ0) is 26.9. The first-order valence-electron chi connectivity index (χ1n) is 13.3. The van der Waals surface area contributed by atoms with E-state index in [9.17, 15) is 0 Å². The van der Waals surface area contributed by atoms with Gasteiger partial charge in [-0.25, -0.2) is 9.98 Å². The van der Waals surface area contributed by atoms with E-state index in [4.69, 9.17) is 14.9 Å². The second kappa shape index (κ2) is 12.7. The van der Waals surface area contributed by atoms with Gasteiger partial charge < -0.3 is 19.5 Å². The highest BCUT2D eigenvalue weighted by Crippen LogP contribution is 2.32. The number of unbranched alkanes of at least 4 members (excludes halogenated alkanes) is 3. The molecule has 198 valence electrons. The molecule has 0 aliphatic rings. The Balaban J connectivity index is 1.13. The Morgan fingerprint density at radius 3 is 2.44 bits per heavy atom. The Hall–Kier alpha value is -4.65. The molecule has 0 amide bonds. The van der Waals surface area contributed by atoms with Crippen molar-refractivity contribution in [2.75, 3.05) is 6.61 Å². The maximum atomic E-state index is 6.19. The lowest BCUT2D eigenvalue weighted by Crippen LogP contribution is -2.14. The minimum atomic E-state index is 0.382. The number of pyridine rings is 1. The molecular weight excluding hydrogens is 486 g/mol. The van der Waals surface area contributed by atoms with Gasteiger partial charge in [-0.1, -0.05) is 18.9 Å². The zero-order valence-corrected chi connectivity index (χ0v) is 22.2. The van der Waals surface area contributed by atoms with Crippen LogP contribution in [-0.4, -0.2) is 27.0 Å². The van der Waals surface area contributed by atoms with Gasteiger partial charge >= 0.3 is 0 Å². The highest BCUT2D eigenvalue weighted by Gasteiger charge is 2.10. The van der Waals surface area contributed by atoms with Gasteiger partial charge in [-0.15, -0.1) is 0 Å². The number of aryl methyl sites for hydroxylation is 2. The highest BCUT2D eigenvalue weighted by molar-refractivity contribution is 5.97. The molecule has 0 unspecified atom stereocenters. The smallest absolute Gasteiger partial charge is 0.150 e. The number of benzene rings is 2. The molecule has 0 spiro atoms. The van der Waals surface area contributed by atoms with Gasteiger partial charge in [0.05, 0.1) is 18.6 Å². The molecule has 2 aromatic carbocycles. The maximum absolute atomic E-state index is 6.19. The van der Waals surface area contributed by atoms with Gasteiger partial charge in [0.15, 0.2) is 0 Å². The number of hydrogen-bond acceptors (Lipinski definition) is 5. The number of rotatable bonds is 12. The van der Waals surface area contributed by atoms with E-state index in [1.54, 1.807) is 6.20 Å². The molecule has 0 bridgehead atoms. The molecule has 7 nitrogen and oxygen atoms in total. The minimum Gasteiger partial charge on any atom is -0.493 e. The Kier molecular flexibility index (Phi) is 8.48. The fourth-order valence-corrected chi connectivity index (χ4v) is 4.37. The van der Waals surface area contributed by atoms with Gasteiger partial charge in [0.25, 0.3) is 0 Å². The molecule has 7 heteroatoms. The number of furan rings is 1. The quantitative estimate of drug-likeness (QED) is 0.107. The van der Waals surface area contributed by atoms with E-state index in [-0.39, 0.29) is 0 Å². The van der Waals surface area contributed by atoms with Crippen molar-refractivity contribution in [3.05, 3.63) is 109 Å². The predicted molar refractivity (Wildman–Crippen MR) is 155 cm³/mol. The molecule has 0 atom stereocenters. The number of aromatic nitrogens is 3. The van der Waals surface area contributed by atoms with Crippen LogP contribution in [0.1, 0.15) is 36.9 Å². The molecule has 0 saturated carbocycles. The van der Waals surface area contributed by atoms with Crippen LogP contribution in [0.15, 0.2) is 107 Å². The van der Waals surface area contributed by atoms with Gasteiger partial charge in [-0.05, 0) is 92.1 Å². The summed E-state index contributed by atoms with van der Waals surface area (Å²) in [5.74, 6) is 2.92. The van der Waals surface area contributed by atoms with E-state index in [2.05, 4.69) is 32.5 Å². The van der Waals surface area contributed by atoms with Crippen LogP contribution >= 0.6 is 0 Å². The van der Waals surface area contributed by atoms with Crippen molar-refractivity contribution in [2.45, 2.75) is 39.2 Å². The second-order valence-corrected chi connectivity index (χ2v) is 9.47. The third kappa shape index (κ3) is 7.02. The third-order valence-corrected chi connectivity index (χ3v) is 6.52. The molecule has 3 heterocycles. The number of nitrogens with two attached hydrogens (primary N) is 1. The van der Waals surface area contributed by atoms with Crippen LogP contribution in [0.4, 0.5) is 5.69 Å². The molecule has 0 radical (unpaired) electrons. The Labute approximate surface area is 229 Å². The average Bonchev–Trinajstić information content (AvgIpc) is 3.67. The van der Waals surface area contributed by atoms with Crippen molar-refractivity contribution in [3.8, 4) is 28.4 Å². The zero-order valence-electron chi connectivity index (χ0n) is 22.2. The number of amidine groups is 1. The minimum absolute atomic E-state index is 0.382. The summed E-state index contributed by atoms with van der Waals surface area (Å²) in [5.41, 5.74) is 10.6. The summed E-state index contributed by atoms with van der Waals surface area (Å²) >= 11 is 0. The summed E-state index contributed by atoms with van der Waals surface area (Å²) in [4.78, 5) is 12.8.